The maximum atomic E-state index is 14.0. The van der Waals surface area contributed by atoms with Crippen molar-refractivity contribution in [2.75, 3.05) is 5.32 Å². The van der Waals surface area contributed by atoms with Crippen LogP contribution < -0.4 is 10.9 Å². The lowest BCUT2D eigenvalue weighted by Crippen LogP contribution is -2.28. The lowest BCUT2D eigenvalue weighted by Gasteiger charge is -2.10. The number of hydrogen-bond acceptors (Lipinski definition) is 2. The molecule has 0 aliphatic carbocycles. The number of hydrogen-bond donors (Lipinski definition) is 1. The number of aromatic nitrogens is 2. The van der Waals surface area contributed by atoms with E-state index in [1.807, 2.05) is 0 Å². The highest BCUT2D eigenvalue weighted by atomic mass is 35.5. The molecule has 2 aromatic heterocycles. The van der Waals surface area contributed by atoms with E-state index in [4.69, 9.17) is 11.6 Å². The Balaban J connectivity index is 1.61. The van der Waals surface area contributed by atoms with Gasteiger partial charge >= 0.3 is 0 Å². The Kier molecular flexibility index (Phi) is 5.18. The summed E-state index contributed by atoms with van der Waals surface area (Å²) >= 11 is 5.93. The van der Waals surface area contributed by atoms with E-state index in [9.17, 15) is 14.0 Å². The van der Waals surface area contributed by atoms with Crippen LogP contribution in [0.1, 0.15) is 5.56 Å². The second kappa shape index (κ2) is 7.93. The monoisotopic (exact) mass is 409 g/mol. The van der Waals surface area contributed by atoms with Crippen molar-refractivity contribution in [2.45, 2.75) is 13.1 Å². The van der Waals surface area contributed by atoms with E-state index in [0.29, 0.717) is 21.8 Å². The molecule has 146 valence electrons. The standard InChI is InChI=1S/C22H17ClFN3O2/c23-17-5-3-6-18(12-17)25-20(28)14-27-11-9-15-8-10-26(21(15)22(27)29)13-16-4-1-2-7-19(16)24/h1-12H,13-14H2,(H,25,28). The Morgan fingerprint density at radius 2 is 1.76 bits per heavy atom. The normalized spacial score (nSPS) is 11.0. The Morgan fingerprint density at radius 3 is 2.52 bits per heavy atom. The molecular formula is C22H17ClFN3O2. The molecule has 0 atom stereocenters. The minimum absolute atomic E-state index is 0.147. The van der Waals surface area contributed by atoms with Crippen LogP contribution in [0.5, 0.6) is 0 Å². The van der Waals surface area contributed by atoms with Gasteiger partial charge < -0.3 is 14.5 Å². The van der Waals surface area contributed by atoms with Crippen LogP contribution in [0.4, 0.5) is 10.1 Å². The largest absolute Gasteiger partial charge is 0.338 e. The van der Waals surface area contributed by atoms with Gasteiger partial charge in [0, 0.05) is 34.1 Å². The Labute approximate surface area is 171 Å². The number of amides is 1. The molecule has 0 saturated carbocycles. The summed E-state index contributed by atoms with van der Waals surface area (Å²) in [6, 6.07) is 16.8. The van der Waals surface area contributed by atoms with E-state index in [1.54, 1.807) is 71.6 Å². The zero-order valence-corrected chi connectivity index (χ0v) is 16.1. The number of carbonyl (C=O) groups excluding carboxylic acids is 1. The van der Waals surface area contributed by atoms with Gasteiger partial charge in [0.1, 0.15) is 17.9 Å². The van der Waals surface area contributed by atoms with E-state index < -0.39 is 0 Å². The first kappa shape index (κ1) is 19.0. The third kappa shape index (κ3) is 4.07. The fraction of sp³-hybridized carbons (Fsp3) is 0.0909. The van der Waals surface area contributed by atoms with Crippen LogP contribution in [-0.4, -0.2) is 15.0 Å². The van der Waals surface area contributed by atoms with Gasteiger partial charge in [-0.1, -0.05) is 35.9 Å². The molecule has 0 radical (unpaired) electrons. The SMILES string of the molecule is O=C(Cn1ccc2ccn(Cc3ccccc3F)c2c1=O)Nc1cccc(Cl)c1. The second-order valence-electron chi connectivity index (χ2n) is 6.65. The number of pyridine rings is 1. The van der Waals surface area contributed by atoms with E-state index in [0.717, 1.165) is 5.39 Å². The average Bonchev–Trinajstić information content (AvgIpc) is 3.09. The van der Waals surface area contributed by atoms with E-state index in [2.05, 4.69) is 5.32 Å². The first-order valence-electron chi connectivity index (χ1n) is 8.98. The topological polar surface area (TPSA) is 56.0 Å². The number of benzene rings is 2. The molecule has 0 unspecified atom stereocenters. The van der Waals surface area contributed by atoms with Gasteiger partial charge in [-0.3, -0.25) is 9.59 Å². The third-order valence-electron chi connectivity index (χ3n) is 4.61. The van der Waals surface area contributed by atoms with Crippen molar-refractivity contribution in [1.82, 2.24) is 9.13 Å². The van der Waals surface area contributed by atoms with Crippen molar-refractivity contribution in [1.29, 1.82) is 0 Å². The Morgan fingerprint density at radius 1 is 1.00 bits per heavy atom. The summed E-state index contributed by atoms with van der Waals surface area (Å²) in [5, 5.41) is 3.96. The predicted molar refractivity (Wildman–Crippen MR) is 112 cm³/mol. The average molecular weight is 410 g/mol. The Hall–Kier alpha value is -3.38. The fourth-order valence-corrected chi connectivity index (χ4v) is 3.42. The summed E-state index contributed by atoms with van der Waals surface area (Å²) in [6.45, 7) is 0.0797. The van der Waals surface area contributed by atoms with Gasteiger partial charge in [0.05, 0.1) is 6.54 Å². The number of nitrogens with zero attached hydrogens (tertiary/aromatic N) is 2. The molecule has 0 saturated heterocycles. The van der Waals surface area contributed by atoms with Gasteiger partial charge in [0.2, 0.25) is 5.91 Å². The molecule has 1 amide bonds. The lowest BCUT2D eigenvalue weighted by molar-refractivity contribution is -0.116. The van der Waals surface area contributed by atoms with Crippen LogP contribution in [0, 0.1) is 5.82 Å². The van der Waals surface area contributed by atoms with E-state index >= 15 is 0 Å². The van der Waals surface area contributed by atoms with Crippen molar-refractivity contribution in [3.63, 3.8) is 0 Å². The number of fused-ring (bicyclic) bond motifs is 1. The highest BCUT2D eigenvalue weighted by molar-refractivity contribution is 6.30. The summed E-state index contributed by atoms with van der Waals surface area (Å²) < 4.78 is 17.0. The zero-order chi connectivity index (χ0) is 20.4. The molecule has 4 rings (SSSR count). The smallest absolute Gasteiger partial charge is 0.275 e. The summed E-state index contributed by atoms with van der Waals surface area (Å²) in [5.74, 6) is -0.674. The van der Waals surface area contributed by atoms with Gasteiger partial charge in [-0.15, -0.1) is 0 Å². The molecule has 29 heavy (non-hydrogen) atoms. The quantitative estimate of drug-likeness (QED) is 0.534. The van der Waals surface area contributed by atoms with Crippen molar-refractivity contribution >= 4 is 34.1 Å². The number of anilines is 1. The molecule has 2 aromatic carbocycles. The summed E-state index contributed by atoms with van der Waals surface area (Å²) in [7, 11) is 0. The van der Waals surface area contributed by atoms with Gasteiger partial charge in [-0.05, 0) is 36.4 Å². The zero-order valence-electron chi connectivity index (χ0n) is 15.3. The lowest BCUT2D eigenvalue weighted by atomic mass is 10.2. The number of carbonyl (C=O) groups is 1. The maximum Gasteiger partial charge on any atom is 0.275 e. The molecule has 4 aromatic rings. The highest BCUT2D eigenvalue weighted by Crippen LogP contribution is 2.17. The Bertz CT molecular complexity index is 1260. The maximum absolute atomic E-state index is 14.0. The summed E-state index contributed by atoms with van der Waals surface area (Å²) in [5.41, 5.74) is 1.15. The van der Waals surface area contributed by atoms with Crippen LogP contribution in [-0.2, 0) is 17.9 Å². The predicted octanol–water partition coefficient (Wildman–Crippen LogP) is 4.28. The van der Waals surface area contributed by atoms with Gasteiger partial charge in [-0.25, -0.2) is 4.39 Å². The molecule has 0 bridgehead atoms. The van der Waals surface area contributed by atoms with Gasteiger partial charge in [0.15, 0.2) is 0 Å². The first-order chi connectivity index (χ1) is 14.0. The molecule has 0 fully saturated rings. The molecule has 2 heterocycles. The van der Waals surface area contributed by atoms with E-state index in [-0.39, 0.29) is 30.4 Å². The molecule has 0 spiro atoms. The van der Waals surface area contributed by atoms with E-state index in [1.165, 1.54) is 10.6 Å². The molecular weight excluding hydrogens is 393 g/mol. The second-order valence-corrected chi connectivity index (χ2v) is 7.08. The fourth-order valence-electron chi connectivity index (χ4n) is 3.23. The van der Waals surface area contributed by atoms with Crippen LogP contribution in [0.25, 0.3) is 10.9 Å². The minimum atomic E-state index is -0.346. The molecule has 5 nitrogen and oxygen atoms in total. The summed E-state index contributed by atoms with van der Waals surface area (Å²) in [4.78, 5) is 25.3. The number of halogens is 2. The van der Waals surface area contributed by atoms with Crippen molar-refractivity contribution in [2.24, 2.45) is 0 Å². The molecule has 0 aliphatic rings. The number of rotatable bonds is 5. The van der Waals surface area contributed by atoms with Crippen LogP contribution >= 0.6 is 11.6 Å². The van der Waals surface area contributed by atoms with Crippen molar-refractivity contribution < 1.29 is 9.18 Å². The summed E-state index contributed by atoms with van der Waals surface area (Å²) in [6.07, 6.45) is 3.32. The van der Waals surface area contributed by atoms with Gasteiger partial charge in [0.25, 0.3) is 5.56 Å². The highest BCUT2D eigenvalue weighted by Gasteiger charge is 2.12. The number of nitrogens with one attached hydrogen (secondary N) is 1. The molecule has 0 aliphatic heterocycles. The van der Waals surface area contributed by atoms with Crippen molar-refractivity contribution in [3.05, 3.63) is 99.8 Å². The molecule has 1 N–H and O–H groups in total. The van der Waals surface area contributed by atoms with Crippen LogP contribution in [0.3, 0.4) is 0 Å². The minimum Gasteiger partial charge on any atom is -0.338 e. The van der Waals surface area contributed by atoms with Gasteiger partial charge in [-0.2, -0.15) is 0 Å². The first-order valence-corrected chi connectivity index (χ1v) is 9.36. The van der Waals surface area contributed by atoms with Crippen LogP contribution in [0.15, 0.2) is 77.9 Å². The third-order valence-corrected chi connectivity index (χ3v) is 4.85. The van der Waals surface area contributed by atoms with Crippen LogP contribution in [0.2, 0.25) is 5.02 Å². The molecule has 7 heteroatoms. The van der Waals surface area contributed by atoms with Crippen molar-refractivity contribution in [3.8, 4) is 0 Å².